The summed E-state index contributed by atoms with van der Waals surface area (Å²) in [5.74, 6) is 1.08. The smallest absolute Gasteiger partial charge is 0.387 e. The average Bonchev–Trinajstić information content (AvgIpc) is 2.58. The molecular weight excluding hydrogens is 517 g/mol. The lowest BCUT2D eigenvalue weighted by molar-refractivity contribution is -0.0498. The van der Waals surface area contributed by atoms with Crippen molar-refractivity contribution in [3.05, 3.63) is 29.8 Å². The fourth-order valence-corrected chi connectivity index (χ4v) is 3.83. The van der Waals surface area contributed by atoms with Crippen LogP contribution in [-0.4, -0.2) is 58.8 Å². The number of aliphatic imine (C=N–C) groups is 1. The van der Waals surface area contributed by atoms with Crippen molar-refractivity contribution in [2.24, 2.45) is 10.9 Å². The fourth-order valence-electron chi connectivity index (χ4n) is 2.82. The SMILES string of the molecule is CN=C(NCCS(=O)(=O)NCC1CCC1)N(C)Cc1ccc(OC(F)F)cc1.I. The standard InChI is InChI=1S/C18H28F2N4O3S.HI/c1-21-18(22-10-11-28(25,26)23-12-14-4-3-5-14)24(2)13-15-6-8-16(9-7-15)27-17(19)20;/h6-9,14,17,23H,3-5,10-13H2,1-2H3,(H,21,22);1H. The van der Waals surface area contributed by atoms with Crippen LogP contribution < -0.4 is 14.8 Å². The van der Waals surface area contributed by atoms with E-state index in [2.05, 4.69) is 19.8 Å². The maximum absolute atomic E-state index is 12.2. The van der Waals surface area contributed by atoms with E-state index in [0.29, 0.717) is 25.0 Å². The first-order valence-corrected chi connectivity index (χ1v) is 10.9. The van der Waals surface area contributed by atoms with E-state index in [4.69, 9.17) is 0 Å². The van der Waals surface area contributed by atoms with Gasteiger partial charge in [0.05, 0.1) is 5.75 Å². The quantitative estimate of drug-likeness (QED) is 0.268. The number of rotatable bonds is 10. The summed E-state index contributed by atoms with van der Waals surface area (Å²) in [5.41, 5.74) is 0.877. The molecule has 1 aliphatic carbocycles. The predicted molar refractivity (Wildman–Crippen MR) is 120 cm³/mol. The zero-order chi connectivity index (χ0) is 20.6. The number of guanidine groups is 1. The Hall–Kier alpha value is -1.21. The maximum Gasteiger partial charge on any atom is 0.387 e. The van der Waals surface area contributed by atoms with Crippen LogP contribution in [0.4, 0.5) is 8.78 Å². The molecule has 0 heterocycles. The van der Waals surface area contributed by atoms with Gasteiger partial charge < -0.3 is 15.0 Å². The Morgan fingerprint density at radius 1 is 1.31 bits per heavy atom. The molecule has 0 aromatic heterocycles. The van der Waals surface area contributed by atoms with Crippen molar-refractivity contribution in [2.45, 2.75) is 32.4 Å². The van der Waals surface area contributed by atoms with Crippen molar-refractivity contribution in [1.29, 1.82) is 0 Å². The monoisotopic (exact) mass is 546 g/mol. The van der Waals surface area contributed by atoms with E-state index < -0.39 is 16.6 Å². The molecule has 0 saturated heterocycles. The highest BCUT2D eigenvalue weighted by molar-refractivity contribution is 14.0. The van der Waals surface area contributed by atoms with Crippen LogP contribution in [0.5, 0.6) is 5.75 Å². The molecule has 0 amide bonds. The second-order valence-electron chi connectivity index (χ2n) is 6.82. The lowest BCUT2D eigenvalue weighted by Gasteiger charge is -2.25. The van der Waals surface area contributed by atoms with Crippen molar-refractivity contribution in [2.75, 3.05) is 32.9 Å². The van der Waals surface area contributed by atoms with E-state index in [9.17, 15) is 17.2 Å². The van der Waals surface area contributed by atoms with Crippen molar-refractivity contribution in [1.82, 2.24) is 14.9 Å². The number of sulfonamides is 1. The lowest BCUT2D eigenvalue weighted by atomic mass is 9.86. The van der Waals surface area contributed by atoms with Gasteiger partial charge >= 0.3 is 6.61 Å². The summed E-state index contributed by atoms with van der Waals surface area (Å²) in [4.78, 5) is 5.97. The Labute approximate surface area is 188 Å². The average molecular weight is 546 g/mol. The van der Waals surface area contributed by atoms with Crippen molar-refractivity contribution >= 4 is 40.0 Å². The van der Waals surface area contributed by atoms with Gasteiger partial charge in [0.15, 0.2) is 5.96 Å². The van der Waals surface area contributed by atoms with Crippen LogP contribution in [-0.2, 0) is 16.6 Å². The van der Waals surface area contributed by atoms with Crippen molar-refractivity contribution in [3.63, 3.8) is 0 Å². The molecule has 166 valence electrons. The van der Waals surface area contributed by atoms with Gasteiger partial charge in [0.1, 0.15) is 5.75 Å². The summed E-state index contributed by atoms with van der Waals surface area (Å²) in [5, 5.41) is 3.03. The molecule has 7 nitrogen and oxygen atoms in total. The highest BCUT2D eigenvalue weighted by atomic mass is 127. The zero-order valence-electron chi connectivity index (χ0n) is 16.6. The summed E-state index contributed by atoms with van der Waals surface area (Å²) in [7, 11) is 0.103. The molecule has 1 aromatic rings. The normalized spacial score (nSPS) is 14.9. The lowest BCUT2D eigenvalue weighted by Crippen LogP contribution is -2.42. The molecule has 1 aliphatic rings. The summed E-state index contributed by atoms with van der Waals surface area (Å²) in [6.45, 7) is -1.63. The number of hydrogen-bond acceptors (Lipinski definition) is 4. The molecule has 0 bridgehead atoms. The second kappa shape index (κ2) is 12.5. The van der Waals surface area contributed by atoms with E-state index >= 15 is 0 Å². The third-order valence-corrected chi connectivity index (χ3v) is 5.96. The fraction of sp³-hybridized carbons (Fsp3) is 0.611. The van der Waals surface area contributed by atoms with Gasteiger partial charge in [-0.1, -0.05) is 18.6 Å². The molecule has 0 aliphatic heterocycles. The molecule has 0 spiro atoms. The summed E-state index contributed by atoms with van der Waals surface area (Å²) < 4.78 is 55.5. The minimum Gasteiger partial charge on any atom is -0.435 e. The van der Waals surface area contributed by atoms with Gasteiger partial charge in [-0.05, 0) is 36.5 Å². The van der Waals surface area contributed by atoms with E-state index in [-0.39, 0.29) is 42.0 Å². The van der Waals surface area contributed by atoms with E-state index in [0.717, 1.165) is 18.4 Å². The van der Waals surface area contributed by atoms with Gasteiger partial charge in [0.2, 0.25) is 10.0 Å². The summed E-state index contributed by atoms with van der Waals surface area (Å²) in [6.07, 6.45) is 3.36. The Morgan fingerprint density at radius 3 is 2.48 bits per heavy atom. The van der Waals surface area contributed by atoms with Gasteiger partial charge in [0, 0.05) is 33.7 Å². The molecule has 1 saturated carbocycles. The van der Waals surface area contributed by atoms with Crippen LogP contribution in [0.2, 0.25) is 0 Å². The van der Waals surface area contributed by atoms with E-state index in [1.54, 1.807) is 19.2 Å². The van der Waals surface area contributed by atoms with Crippen molar-refractivity contribution < 1.29 is 21.9 Å². The van der Waals surface area contributed by atoms with Crippen LogP contribution in [0.3, 0.4) is 0 Å². The molecule has 0 atom stereocenters. The van der Waals surface area contributed by atoms with Crippen LogP contribution in [0, 0.1) is 5.92 Å². The molecule has 2 N–H and O–H groups in total. The van der Waals surface area contributed by atoms with Gasteiger partial charge in [-0.3, -0.25) is 4.99 Å². The van der Waals surface area contributed by atoms with E-state index in [1.807, 2.05) is 11.9 Å². The van der Waals surface area contributed by atoms with Crippen LogP contribution in [0.15, 0.2) is 29.3 Å². The molecule has 0 unspecified atom stereocenters. The largest absolute Gasteiger partial charge is 0.435 e. The Kier molecular flexibility index (Phi) is 11.1. The summed E-state index contributed by atoms with van der Waals surface area (Å²) in [6, 6.07) is 6.34. The van der Waals surface area contributed by atoms with Gasteiger partial charge in [-0.25, -0.2) is 13.1 Å². The molecular formula is C18H29F2IN4O3S. The van der Waals surface area contributed by atoms with Crippen LogP contribution >= 0.6 is 24.0 Å². The minimum atomic E-state index is -3.32. The predicted octanol–water partition coefficient (Wildman–Crippen LogP) is 2.63. The number of halogens is 3. The molecule has 11 heteroatoms. The number of nitrogens with one attached hydrogen (secondary N) is 2. The first-order valence-electron chi connectivity index (χ1n) is 9.22. The molecule has 29 heavy (non-hydrogen) atoms. The van der Waals surface area contributed by atoms with Crippen LogP contribution in [0.1, 0.15) is 24.8 Å². The number of nitrogens with zero attached hydrogens (tertiary/aromatic N) is 2. The topological polar surface area (TPSA) is 83.0 Å². The number of alkyl halides is 2. The Morgan fingerprint density at radius 2 is 1.97 bits per heavy atom. The highest BCUT2D eigenvalue weighted by Crippen LogP contribution is 2.25. The third kappa shape index (κ3) is 9.43. The Bertz CT molecular complexity index is 744. The first kappa shape index (κ1) is 25.8. The Balaban J connectivity index is 0.00000420. The molecule has 1 aromatic carbocycles. The summed E-state index contributed by atoms with van der Waals surface area (Å²) >= 11 is 0. The minimum absolute atomic E-state index is 0. The first-order chi connectivity index (χ1) is 13.3. The van der Waals surface area contributed by atoms with Gasteiger partial charge in [-0.2, -0.15) is 8.78 Å². The van der Waals surface area contributed by atoms with Gasteiger partial charge in [-0.15, -0.1) is 24.0 Å². The van der Waals surface area contributed by atoms with Crippen LogP contribution in [0.25, 0.3) is 0 Å². The molecule has 1 fully saturated rings. The highest BCUT2D eigenvalue weighted by Gasteiger charge is 2.20. The zero-order valence-corrected chi connectivity index (χ0v) is 19.8. The number of hydrogen-bond donors (Lipinski definition) is 2. The van der Waals surface area contributed by atoms with Gasteiger partial charge in [0.25, 0.3) is 0 Å². The molecule has 0 radical (unpaired) electrons. The second-order valence-corrected chi connectivity index (χ2v) is 8.74. The third-order valence-electron chi connectivity index (χ3n) is 4.61. The maximum atomic E-state index is 12.2. The molecule has 2 rings (SSSR count). The number of benzene rings is 1. The van der Waals surface area contributed by atoms with Crippen molar-refractivity contribution in [3.8, 4) is 5.75 Å². The van der Waals surface area contributed by atoms with E-state index in [1.165, 1.54) is 18.6 Å². The number of ether oxygens (including phenoxy) is 1.